The van der Waals surface area contributed by atoms with E-state index in [1.54, 1.807) is 6.34 Å². The molecule has 0 unspecified atom stereocenters. The summed E-state index contributed by atoms with van der Waals surface area (Å²) in [5, 5.41) is 3.08. The van der Waals surface area contributed by atoms with Crippen molar-refractivity contribution in [2.24, 2.45) is 10.4 Å². The highest BCUT2D eigenvalue weighted by Gasteiger charge is 2.28. The van der Waals surface area contributed by atoms with Crippen LogP contribution >= 0.6 is 0 Å². The molecule has 1 aromatic heterocycles. The second-order valence-corrected chi connectivity index (χ2v) is 9.11. The van der Waals surface area contributed by atoms with E-state index in [9.17, 15) is 4.79 Å². The summed E-state index contributed by atoms with van der Waals surface area (Å²) in [5.41, 5.74) is 0.688. The number of aromatic nitrogens is 2. The molecule has 2 heterocycles. The third-order valence-electron chi connectivity index (χ3n) is 5.91. The van der Waals surface area contributed by atoms with Gasteiger partial charge >= 0.3 is 5.97 Å². The van der Waals surface area contributed by atoms with Gasteiger partial charge in [0.1, 0.15) is 0 Å². The molecule has 3 rings (SSSR count). The van der Waals surface area contributed by atoms with Gasteiger partial charge in [-0.15, -0.1) is 0 Å². The van der Waals surface area contributed by atoms with E-state index in [0.29, 0.717) is 26.4 Å². The summed E-state index contributed by atoms with van der Waals surface area (Å²) in [6.07, 6.45) is 9.25. The van der Waals surface area contributed by atoms with Crippen molar-refractivity contribution in [3.63, 3.8) is 0 Å². The van der Waals surface area contributed by atoms with Gasteiger partial charge < -0.3 is 24.1 Å². The van der Waals surface area contributed by atoms with Crippen LogP contribution in [0.25, 0.3) is 0 Å². The van der Waals surface area contributed by atoms with E-state index in [4.69, 9.17) is 14.2 Å². The highest BCUT2D eigenvalue weighted by Crippen LogP contribution is 2.28. The van der Waals surface area contributed by atoms with Crippen LogP contribution < -0.4 is 14.8 Å². The Kier molecular flexibility index (Phi) is 9.79. The molecule has 2 aromatic rings. The maximum Gasteiger partial charge on any atom is 0.311 e. The molecule has 1 N–H and O–H groups in total. The molecule has 0 aliphatic carbocycles. The maximum atomic E-state index is 12.0. The van der Waals surface area contributed by atoms with Crippen molar-refractivity contribution >= 4 is 18.1 Å². The fourth-order valence-electron chi connectivity index (χ4n) is 3.84. The Morgan fingerprint density at radius 1 is 1.06 bits per heavy atom. The van der Waals surface area contributed by atoms with Crippen LogP contribution in [0.4, 0.5) is 5.82 Å². The minimum Gasteiger partial charge on any atom is -0.490 e. The molecule has 0 amide bonds. The Labute approximate surface area is 202 Å². The topological polar surface area (TPSA) is 87.0 Å². The number of fused-ring (bicyclic) bond motifs is 1. The van der Waals surface area contributed by atoms with Crippen molar-refractivity contribution in [1.82, 2.24) is 9.55 Å². The van der Waals surface area contributed by atoms with Gasteiger partial charge in [-0.3, -0.25) is 9.79 Å². The molecule has 8 nitrogen and oxygen atoms in total. The standard InChI is InChI=1S/C26H38N4O4/c1-4-32-25(31)26(2,3)14-8-11-17-34-23-13-7-6-12-22(23)33-16-10-5-9-15-30-20-29-24-21(30)18-27-19-28-24/h6-7,12-13,19-20H,4-5,8-11,14-18H2,1-3H3,(H,27,28). The van der Waals surface area contributed by atoms with Crippen molar-refractivity contribution in [2.75, 3.05) is 25.1 Å². The van der Waals surface area contributed by atoms with Crippen LogP contribution in [-0.2, 0) is 22.6 Å². The van der Waals surface area contributed by atoms with Crippen LogP contribution in [0.5, 0.6) is 11.5 Å². The molecule has 0 bridgehead atoms. The smallest absolute Gasteiger partial charge is 0.311 e. The molecular weight excluding hydrogens is 432 g/mol. The van der Waals surface area contributed by atoms with E-state index in [2.05, 4.69) is 19.9 Å². The second kappa shape index (κ2) is 13.0. The highest BCUT2D eigenvalue weighted by molar-refractivity contribution is 5.77. The minimum absolute atomic E-state index is 0.134. The van der Waals surface area contributed by atoms with Crippen molar-refractivity contribution in [3.8, 4) is 11.5 Å². The lowest BCUT2D eigenvalue weighted by Crippen LogP contribution is -2.26. The average molecular weight is 471 g/mol. The molecule has 8 heteroatoms. The number of anilines is 1. The summed E-state index contributed by atoms with van der Waals surface area (Å²) in [4.78, 5) is 20.6. The SMILES string of the molecule is CCOC(=O)C(C)(C)CCCCOc1ccccc1OCCCCCn1cnc2c1CN=CN2. The zero-order valence-electron chi connectivity index (χ0n) is 20.7. The lowest BCUT2D eigenvalue weighted by molar-refractivity contribution is -0.153. The predicted molar refractivity (Wildman–Crippen MR) is 134 cm³/mol. The summed E-state index contributed by atoms with van der Waals surface area (Å²) in [6, 6.07) is 7.81. The molecule has 186 valence electrons. The molecule has 1 aliphatic rings. The molecule has 0 atom stereocenters. The van der Waals surface area contributed by atoms with Gasteiger partial charge in [-0.2, -0.15) is 0 Å². The zero-order chi connectivity index (χ0) is 24.2. The first kappa shape index (κ1) is 25.6. The van der Waals surface area contributed by atoms with Crippen molar-refractivity contribution in [2.45, 2.75) is 72.4 Å². The number of unbranched alkanes of at least 4 members (excludes halogenated alkanes) is 3. The number of benzene rings is 1. The van der Waals surface area contributed by atoms with E-state index in [-0.39, 0.29) is 5.97 Å². The quantitative estimate of drug-likeness (QED) is 0.283. The molecule has 1 aromatic carbocycles. The second-order valence-electron chi connectivity index (χ2n) is 9.11. The van der Waals surface area contributed by atoms with Gasteiger partial charge in [-0.25, -0.2) is 4.98 Å². The van der Waals surface area contributed by atoms with E-state index in [1.807, 2.05) is 51.4 Å². The summed E-state index contributed by atoms with van der Waals surface area (Å²) >= 11 is 0. The number of rotatable bonds is 15. The summed E-state index contributed by atoms with van der Waals surface area (Å²) < 4.78 is 19.3. The Morgan fingerprint density at radius 3 is 2.47 bits per heavy atom. The van der Waals surface area contributed by atoms with Crippen molar-refractivity contribution in [1.29, 1.82) is 0 Å². The van der Waals surface area contributed by atoms with Gasteiger partial charge in [0.2, 0.25) is 0 Å². The van der Waals surface area contributed by atoms with Gasteiger partial charge in [0.25, 0.3) is 0 Å². The van der Waals surface area contributed by atoms with E-state index in [0.717, 1.165) is 68.1 Å². The molecule has 0 saturated carbocycles. The molecule has 34 heavy (non-hydrogen) atoms. The number of carbonyl (C=O) groups is 1. The number of hydrogen-bond donors (Lipinski definition) is 1. The number of para-hydroxylation sites is 2. The van der Waals surface area contributed by atoms with E-state index in [1.165, 1.54) is 0 Å². The maximum absolute atomic E-state index is 12.0. The first-order valence-corrected chi connectivity index (χ1v) is 12.3. The Hall–Kier alpha value is -3.03. The fraction of sp³-hybridized carbons (Fsp3) is 0.577. The Bertz CT molecular complexity index is 939. The van der Waals surface area contributed by atoms with Crippen LogP contribution in [0, 0.1) is 5.41 Å². The molecule has 0 radical (unpaired) electrons. The largest absolute Gasteiger partial charge is 0.490 e. The van der Waals surface area contributed by atoms with Crippen LogP contribution in [-0.4, -0.2) is 41.7 Å². The van der Waals surface area contributed by atoms with Crippen LogP contribution in [0.2, 0.25) is 0 Å². The van der Waals surface area contributed by atoms with Gasteiger partial charge in [-0.05, 0) is 71.4 Å². The number of aryl methyl sites for hydroxylation is 1. The van der Waals surface area contributed by atoms with Gasteiger partial charge in [0.05, 0.1) is 50.1 Å². The average Bonchev–Trinajstić information content (AvgIpc) is 3.25. The first-order chi connectivity index (χ1) is 16.5. The predicted octanol–water partition coefficient (Wildman–Crippen LogP) is 5.22. The van der Waals surface area contributed by atoms with Crippen molar-refractivity contribution in [3.05, 3.63) is 36.3 Å². The number of esters is 1. The van der Waals surface area contributed by atoms with Crippen LogP contribution in [0.1, 0.15) is 65.0 Å². The molecule has 0 spiro atoms. The monoisotopic (exact) mass is 470 g/mol. The van der Waals surface area contributed by atoms with E-state index < -0.39 is 5.41 Å². The van der Waals surface area contributed by atoms with Gasteiger partial charge in [0.15, 0.2) is 17.3 Å². The Morgan fingerprint density at radius 2 is 1.76 bits per heavy atom. The molecule has 0 fully saturated rings. The third-order valence-corrected chi connectivity index (χ3v) is 5.91. The van der Waals surface area contributed by atoms with E-state index >= 15 is 0 Å². The highest BCUT2D eigenvalue weighted by atomic mass is 16.5. The lowest BCUT2D eigenvalue weighted by atomic mass is 9.87. The summed E-state index contributed by atoms with van der Waals surface area (Å²) in [5.74, 6) is 2.33. The number of aliphatic imine (C=N–C) groups is 1. The minimum atomic E-state index is -0.459. The number of hydrogen-bond acceptors (Lipinski definition) is 7. The lowest BCUT2D eigenvalue weighted by Gasteiger charge is -2.22. The summed E-state index contributed by atoms with van der Waals surface area (Å²) in [7, 11) is 0. The molecular formula is C26H38N4O4. The number of nitrogens with one attached hydrogen (secondary N) is 1. The van der Waals surface area contributed by atoms with Gasteiger partial charge in [-0.1, -0.05) is 12.1 Å². The normalized spacial score (nSPS) is 12.7. The molecule has 0 saturated heterocycles. The number of nitrogens with zero attached hydrogens (tertiary/aromatic N) is 3. The third kappa shape index (κ3) is 7.50. The number of carbonyl (C=O) groups excluding carboxylic acids is 1. The van der Waals surface area contributed by atoms with Crippen LogP contribution in [0.3, 0.4) is 0 Å². The first-order valence-electron chi connectivity index (χ1n) is 12.3. The van der Waals surface area contributed by atoms with Crippen molar-refractivity contribution < 1.29 is 19.0 Å². The van der Waals surface area contributed by atoms with Crippen LogP contribution in [0.15, 0.2) is 35.6 Å². The summed E-state index contributed by atoms with van der Waals surface area (Å²) in [6.45, 7) is 8.99. The molecule has 1 aliphatic heterocycles. The zero-order valence-corrected chi connectivity index (χ0v) is 20.7. The fourth-order valence-corrected chi connectivity index (χ4v) is 3.84. The Balaban J connectivity index is 1.31. The van der Waals surface area contributed by atoms with Gasteiger partial charge in [0, 0.05) is 6.54 Å². The number of imidazole rings is 1. The number of ether oxygens (including phenoxy) is 3.